The number of cyclic esters (lactones) is 2. The molecule has 0 saturated carbocycles. The number of aromatic carboxylic acids is 2. The summed E-state index contributed by atoms with van der Waals surface area (Å²) >= 11 is 0. The minimum absolute atomic E-state index is 0.0186. The highest BCUT2D eigenvalue weighted by atomic mass is 16.6. The molecule has 8 N–H and O–H groups in total. The lowest BCUT2D eigenvalue weighted by Crippen LogP contribution is -2.20. The van der Waals surface area contributed by atoms with Crippen LogP contribution in [0.5, 0.6) is 0 Å². The summed E-state index contributed by atoms with van der Waals surface area (Å²) in [7, 11) is 0. The van der Waals surface area contributed by atoms with Crippen LogP contribution in [0.15, 0.2) is 36.4 Å². The van der Waals surface area contributed by atoms with Crippen LogP contribution >= 0.6 is 0 Å². The first-order valence-electron chi connectivity index (χ1n) is 11.0. The number of carbonyl (C=O) groups excluding carboxylic acids is 2. The lowest BCUT2D eigenvalue weighted by atomic mass is 9.97. The third-order valence-corrected chi connectivity index (χ3v) is 3.50. The number of rotatable bonds is 9. The van der Waals surface area contributed by atoms with Crippen molar-refractivity contribution in [2.75, 3.05) is 46.2 Å². The van der Waals surface area contributed by atoms with Crippen LogP contribution in [0.25, 0.3) is 0 Å². The maximum Gasteiger partial charge on any atom is 0.338 e. The number of ether oxygens (including phenoxy) is 2. The molecule has 1 aliphatic heterocycles. The quantitative estimate of drug-likeness (QED) is 0.105. The Morgan fingerprint density at radius 3 is 1.42 bits per heavy atom. The molecule has 1 aromatic rings. The van der Waals surface area contributed by atoms with Crippen LogP contribution in [-0.2, 0) is 19.1 Å². The molecule has 1 atom stereocenters. The van der Waals surface area contributed by atoms with Crippen molar-refractivity contribution >= 4 is 23.9 Å². The van der Waals surface area contributed by atoms with Crippen LogP contribution in [0, 0.1) is 5.41 Å². The Kier molecular flexibility index (Phi) is 24.9. The number of carboxylic acids is 2. The second kappa shape index (κ2) is 24.1. The number of aliphatic hydroxyl groups excluding tert-OH is 6. The van der Waals surface area contributed by atoms with Crippen molar-refractivity contribution in [2.45, 2.75) is 26.9 Å². The zero-order valence-corrected chi connectivity index (χ0v) is 21.5. The van der Waals surface area contributed by atoms with E-state index in [9.17, 15) is 19.2 Å². The molecule has 38 heavy (non-hydrogen) atoms. The van der Waals surface area contributed by atoms with Crippen molar-refractivity contribution in [1.82, 2.24) is 0 Å². The van der Waals surface area contributed by atoms with Crippen LogP contribution in [-0.4, -0.2) is 117 Å². The molecule has 0 aromatic heterocycles. The Hall–Kier alpha value is -3.24. The number of aliphatic hydroxyl groups is 6. The number of benzene rings is 1. The highest BCUT2D eigenvalue weighted by Crippen LogP contribution is 2.10. The molecule has 1 aliphatic rings. The molecule has 0 spiro atoms. The van der Waals surface area contributed by atoms with Gasteiger partial charge >= 0.3 is 23.9 Å². The van der Waals surface area contributed by atoms with Crippen molar-refractivity contribution in [3.8, 4) is 0 Å². The van der Waals surface area contributed by atoms with Crippen LogP contribution < -0.4 is 0 Å². The van der Waals surface area contributed by atoms with Crippen molar-refractivity contribution in [2.24, 2.45) is 5.41 Å². The van der Waals surface area contributed by atoms with Gasteiger partial charge in [0.25, 0.3) is 0 Å². The fourth-order valence-corrected chi connectivity index (χ4v) is 1.37. The zero-order valence-electron chi connectivity index (χ0n) is 21.5. The average molecular weight is 551 g/mol. The fourth-order valence-electron chi connectivity index (χ4n) is 1.37. The molecule has 2 rings (SSSR count). The molecule has 0 radical (unpaired) electrons. The summed E-state index contributed by atoms with van der Waals surface area (Å²) in [5.41, 5.74) is -0.343. The van der Waals surface area contributed by atoms with Gasteiger partial charge in [-0.25, -0.2) is 19.2 Å². The minimum atomic E-state index is -1.13. The van der Waals surface area contributed by atoms with Gasteiger partial charge in [-0.1, -0.05) is 19.9 Å². The number of esters is 2. The molecule has 14 heteroatoms. The van der Waals surface area contributed by atoms with Gasteiger partial charge in [0.15, 0.2) is 0 Å². The van der Waals surface area contributed by atoms with Gasteiger partial charge in [0.2, 0.25) is 0 Å². The summed E-state index contributed by atoms with van der Waals surface area (Å²) in [4.78, 5) is 40.6. The first kappa shape index (κ1) is 39.3. The third kappa shape index (κ3) is 25.8. The largest absolute Gasteiger partial charge is 0.478 e. The highest BCUT2D eigenvalue weighted by Gasteiger charge is 2.13. The van der Waals surface area contributed by atoms with E-state index in [1.165, 1.54) is 25.1 Å². The predicted octanol–water partition coefficient (Wildman–Crippen LogP) is -0.947. The van der Waals surface area contributed by atoms with E-state index in [4.69, 9.17) is 40.9 Å². The van der Waals surface area contributed by atoms with Crippen molar-refractivity contribution < 1.29 is 69.5 Å². The van der Waals surface area contributed by atoms with E-state index in [1.54, 1.807) is 13.8 Å². The summed E-state index contributed by atoms with van der Waals surface area (Å²) in [6, 6.07) is 5.20. The van der Waals surface area contributed by atoms with Gasteiger partial charge in [-0.15, -0.1) is 0 Å². The maximum absolute atomic E-state index is 10.4. The van der Waals surface area contributed by atoms with Gasteiger partial charge in [0.1, 0.15) is 0 Å². The minimum Gasteiger partial charge on any atom is -0.478 e. The lowest BCUT2D eigenvalue weighted by Gasteiger charge is -2.16. The van der Waals surface area contributed by atoms with Gasteiger partial charge in [0, 0.05) is 17.6 Å². The second-order valence-corrected chi connectivity index (χ2v) is 7.84. The Morgan fingerprint density at radius 2 is 1.24 bits per heavy atom. The molecule has 0 saturated heterocycles. The Bertz CT molecular complexity index is 778. The number of hydrogen-bond acceptors (Lipinski definition) is 12. The fraction of sp³-hybridized carbons (Fsp3) is 0.500. The first-order valence-corrected chi connectivity index (χ1v) is 11.0. The SMILES string of the molecule is CC(C)(CO)CO.CC(O)CO.O=C(O)c1cccc(C(=O)O)c1.O=C1C=CC(=O)O1.OCCOCCO. The first-order chi connectivity index (χ1) is 17.7. The van der Waals surface area contributed by atoms with Gasteiger partial charge in [-0.05, 0) is 25.1 Å². The van der Waals surface area contributed by atoms with Gasteiger partial charge < -0.3 is 50.3 Å². The Morgan fingerprint density at radius 1 is 0.868 bits per heavy atom. The van der Waals surface area contributed by atoms with E-state index in [0.717, 1.165) is 18.2 Å². The monoisotopic (exact) mass is 550 g/mol. The van der Waals surface area contributed by atoms with Crippen LogP contribution in [0.3, 0.4) is 0 Å². The molecular formula is C24H38O14. The summed E-state index contributed by atoms with van der Waals surface area (Å²) < 4.78 is 8.60. The van der Waals surface area contributed by atoms with Gasteiger partial charge in [-0.3, -0.25) is 0 Å². The lowest BCUT2D eigenvalue weighted by molar-refractivity contribution is -0.150. The van der Waals surface area contributed by atoms with E-state index in [1.807, 2.05) is 0 Å². The summed E-state index contributed by atoms with van der Waals surface area (Å²) in [5.74, 6) is -3.41. The average Bonchev–Trinajstić information content (AvgIpc) is 3.28. The highest BCUT2D eigenvalue weighted by molar-refractivity contribution is 6.04. The molecule has 1 heterocycles. The van der Waals surface area contributed by atoms with E-state index in [2.05, 4.69) is 9.47 Å². The summed E-state index contributed by atoms with van der Waals surface area (Å²) in [6.07, 6.45) is 1.61. The molecule has 0 aliphatic carbocycles. The Labute approximate surface area is 220 Å². The smallest absolute Gasteiger partial charge is 0.338 e. The van der Waals surface area contributed by atoms with E-state index < -0.39 is 30.0 Å². The van der Waals surface area contributed by atoms with Crippen molar-refractivity contribution in [3.63, 3.8) is 0 Å². The molecule has 218 valence electrons. The summed E-state index contributed by atoms with van der Waals surface area (Å²) in [6.45, 7) is 5.77. The van der Waals surface area contributed by atoms with Gasteiger partial charge in [0.05, 0.1) is 63.5 Å². The van der Waals surface area contributed by atoms with Gasteiger partial charge in [-0.2, -0.15) is 0 Å². The topological polar surface area (TPSA) is 249 Å². The van der Waals surface area contributed by atoms with Crippen molar-refractivity contribution in [1.29, 1.82) is 0 Å². The third-order valence-electron chi connectivity index (χ3n) is 3.50. The molecule has 0 fully saturated rings. The zero-order chi connectivity index (χ0) is 30.1. The van der Waals surface area contributed by atoms with E-state index >= 15 is 0 Å². The predicted molar refractivity (Wildman–Crippen MR) is 132 cm³/mol. The van der Waals surface area contributed by atoms with Crippen LogP contribution in [0.2, 0.25) is 0 Å². The number of carboxylic acid groups (broad SMARTS) is 2. The summed E-state index contributed by atoms with van der Waals surface area (Å²) in [5, 5.41) is 66.0. The maximum atomic E-state index is 10.4. The molecule has 1 aromatic carbocycles. The standard InChI is InChI=1S/C8H6O4.C5H12O2.C4H2O3.C4H10O3.C3H8O2/c9-7(10)5-2-1-3-6(4-5)8(11)12;1-5(2,3-6)4-7;5-3-1-2-4(6)7-3;5-1-3-7-4-2-6;1-3(5)2-4/h1-4H,(H,9,10)(H,11,12);6-7H,3-4H2,1-2H3;1-2H;5-6H,1-4H2;3-5H,2H2,1H3. The molecular weight excluding hydrogens is 512 g/mol. The molecule has 0 amide bonds. The number of hydrogen-bond donors (Lipinski definition) is 8. The molecule has 1 unspecified atom stereocenters. The second-order valence-electron chi connectivity index (χ2n) is 7.84. The molecule has 0 bridgehead atoms. The molecule has 14 nitrogen and oxygen atoms in total. The van der Waals surface area contributed by atoms with Crippen molar-refractivity contribution in [3.05, 3.63) is 47.5 Å². The Balaban J connectivity index is -0.000000418. The van der Waals surface area contributed by atoms with E-state index in [0.29, 0.717) is 13.2 Å². The van der Waals surface area contributed by atoms with Crippen LogP contribution in [0.1, 0.15) is 41.5 Å². The number of carbonyl (C=O) groups is 4. The normalized spacial score (nSPS) is 12.1. The van der Waals surface area contributed by atoms with Crippen LogP contribution in [0.4, 0.5) is 0 Å². The van der Waals surface area contributed by atoms with E-state index in [-0.39, 0.29) is 49.6 Å².